The zero-order valence-corrected chi connectivity index (χ0v) is 22.5. The molecule has 2 amide bonds. The molecule has 5 aromatic rings. The standard InChI is InChI=1S/C31H28N4O3S/c1-34(20-24-16-11-19-39-24)21-26-28(30(36)33-35(31(37)38-2)23-14-7-4-8-15-23)25-17-9-10-18-27(25)32-29(26)22-12-5-3-6-13-22/h3-19H,20-21H2,1-2H3,(H,33,36). The number of para-hydroxylation sites is 2. The highest BCUT2D eigenvalue weighted by atomic mass is 32.1. The number of benzene rings is 3. The molecule has 0 unspecified atom stereocenters. The number of hydrogen-bond donors (Lipinski definition) is 1. The zero-order valence-electron chi connectivity index (χ0n) is 21.7. The molecule has 0 aliphatic carbocycles. The highest BCUT2D eigenvalue weighted by Gasteiger charge is 2.26. The van der Waals surface area contributed by atoms with Crippen molar-refractivity contribution in [1.29, 1.82) is 0 Å². The third-order valence-electron chi connectivity index (χ3n) is 6.29. The number of nitrogens with one attached hydrogen (secondary N) is 1. The van der Waals surface area contributed by atoms with Crippen LogP contribution in [0.5, 0.6) is 0 Å². The van der Waals surface area contributed by atoms with Crippen LogP contribution in [0.25, 0.3) is 22.2 Å². The summed E-state index contributed by atoms with van der Waals surface area (Å²) in [5, 5.41) is 3.88. The number of carbonyl (C=O) groups excluding carboxylic acids is 2. The summed E-state index contributed by atoms with van der Waals surface area (Å²) in [5.74, 6) is -0.431. The molecule has 0 radical (unpaired) electrons. The summed E-state index contributed by atoms with van der Waals surface area (Å²) >= 11 is 1.69. The third-order valence-corrected chi connectivity index (χ3v) is 7.15. The van der Waals surface area contributed by atoms with E-state index < -0.39 is 12.0 Å². The number of hydrazine groups is 1. The van der Waals surface area contributed by atoms with E-state index in [0.29, 0.717) is 28.7 Å². The molecule has 5 rings (SSSR count). The Labute approximate surface area is 231 Å². The second-order valence-electron chi connectivity index (χ2n) is 9.03. The number of anilines is 1. The molecule has 1 N–H and O–H groups in total. The average Bonchev–Trinajstić information content (AvgIpc) is 3.48. The minimum absolute atomic E-state index is 0.431. The molecule has 0 aliphatic heterocycles. The molecule has 8 heteroatoms. The van der Waals surface area contributed by atoms with E-state index in [1.807, 2.05) is 73.8 Å². The monoisotopic (exact) mass is 536 g/mol. The number of rotatable bonds is 7. The first-order valence-corrected chi connectivity index (χ1v) is 13.3. The van der Waals surface area contributed by atoms with Gasteiger partial charge < -0.3 is 4.74 Å². The number of methoxy groups -OCH3 is 1. The molecule has 7 nitrogen and oxygen atoms in total. The summed E-state index contributed by atoms with van der Waals surface area (Å²) in [6.07, 6.45) is -0.701. The number of nitrogens with zero attached hydrogens (tertiary/aromatic N) is 3. The number of carbonyl (C=O) groups is 2. The van der Waals surface area contributed by atoms with Crippen molar-refractivity contribution in [2.24, 2.45) is 0 Å². The second-order valence-corrected chi connectivity index (χ2v) is 10.1. The van der Waals surface area contributed by atoms with Gasteiger partial charge in [0.15, 0.2) is 0 Å². The minimum atomic E-state index is -0.701. The first-order valence-electron chi connectivity index (χ1n) is 12.5. The van der Waals surface area contributed by atoms with E-state index in [9.17, 15) is 9.59 Å². The van der Waals surface area contributed by atoms with Gasteiger partial charge in [0.2, 0.25) is 0 Å². The predicted octanol–water partition coefficient (Wildman–Crippen LogP) is 6.51. The van der Waals surface area contributed by atoms with Gasteiger partial charge in [0.25, 0.3) is 5.91 Å². The van der Waals surface area contributed by atoms with Gasteiger partial charge in [-0.05, 0) is 36.7 Å². The van der Waals surface area contributed by atoms with Crippen molar-refractivity contribution in [2.45, 2.75) is 13.1 Å². The maximum atomic E-state index is 14.2. The molecule has 0 atom stereocenters. The number of pyridine rings is 1. The lowest BCUT2D eigenvalue weighted by atomic mass is 9.95. The van der Waals surface area contributed by atoms with E-state index >= 15 is 0 Å². The van der Waals surface area contributed by atoms with E-state index in [4.69, 9.17) is 9.72 Å². The SMILES string of the molecule is COC(=O)N(NC(=O)c1c(CN(C)Cc2cccs2)c(-c2ccccc2)nc2ccccc12)c1ccccc1. The van der Waals surface area contributed by atoms with Crippen molar-refractivity contribution in [2.75, 3.05) is 19.2 Å². The molecule has 0 bridgehead atoms. The number of thiophene rings is 1. The van der Waals surface area contributed by atoms with Crippen LogP contribution in [0.1, 0.15) is 20.8 Å². The van der Waals surface area contributed by atoms with E-state index in [1.165, 1.54) is 12.0 Å². The van der Waals surface area contributed by atoms with Crippen molar-refractivity contribution >= 4 is 39.9 Å². The largest absolute Gasteiger partial charge is 0.451 e. The Hall–Kier alpha value is -4.53. The van der Waals surface area contributed by atoms with Gasteiger partial charge in [0.1, 0.15) is 0 Å². The quantitative estimate of drug-likeness (QED) is 0.240. The van der Waals surface area contributed by atoms with Crippen molar-refractivity contribution < 1.29 is 14.3 Å². The van der Waals surface area contributed by atoms with Gasteiger partial charge in [0.05, 0.1) is 29.6 Å². The number of amides is 2. The summed E-state index contributed by atoms with van der Waals surface area (Å²) < 4.78 is 4.99. The van der Waals surface area contributed by atoms with E-state index in [1.54, 1.807) is 35.6 Å². The zero-order chi connectivity index (χ0) is 27.2. The lowest BCUT2D eigenvalue weighted by molar-refractivity contribution is 0.0941. The van der Waals surface area contributed by atoms with Crippen LogP contribution in [0.4, 0.5) is 10.5 Å². The molecule has 3 aromatic carbocycles. The Morgan fingerprint density at radius 3 is 2.26 bits per heavy atom. The third kappa shape index (κ3) is 5.82. The average molecular weight is 537 g/mol. The maximum Gasteiger partial charge on any atom is 0.433 e. The van der Waals surface area contributed by atoms with Crippen molar-refractivity contribution in [3.8, 4) is 11.3 Å². The molecule has 196 valence electrons. The van der Waals surface area contributed by atoms with E-state index in [-0.39, 0.29) is 0 Å². The van der Waals surface area contributed by atoms with Crippen LogP contribution in [-0.4, -0.2) is 36.0 Å². The van der Waals surface area contributed by atoms with Gasteiger partial charge in [-0.15, -0.1) is 11.3 Å². The first-order chi connectivity index (χ1) is 19.0. The fraction of sp³-hybridized carbons (Fsp3) is 0.129. The predicted molar refractivity (Wildman–Crippen MR) is 155 cm³/mol. The fourth-order valence-corrected chi connectivity index (χ4v) is 5.32. The summed E-state index contributed by atoms with van der Waals surface area (Å²) in [4.78, 5) is 35.3. The Morgan fingerprint density at radius 1 is 0.872 bits per heavy atom. The summed E-state index contributed by atoms with van der Waals surface area (Å²) in [5.41, 5.74) is 6.84. The Bertz CT molecular complexity index is 1570. The summed E-state index contributed by atoms with van der Waals surface area (Å²) in [7, 11) is 3.31. The lowest BCUT2D eigenvalue weighted by Gasteiger charge is -2.25. The minimum Gasteiger partial charge on any atom is -0.451 e. The molecule has 0 saturated heterocycles. The van der Waals surface area contributed by atoms with Crippen LogP contribution in [0.2, 0.25) is 0 Å². The Morgan fingerprint density at radius 2 is 1.56 bits per heavy atom. The molecule has 2 aromatic heterocycles. The van der Waals surface area contributed by atoms with Gasteiger partial charge in [-0.3, -0.25) is 15.1 Å². The molecule has 0 fully saturated rings. The maximum absolute atomic E-state index is 14.2. The smallest absolute Gasteiger partial charge is 0.433 e. The Balaban J connectivity index is 1.65. The van der Waals surface area contributed by atoms with Crippen molar-refractivity contribution in [1.82, 2.24) is 15.3 Å². The van der Waals surface area contributed by atoms with Crippen LogP contribution in [0, 0.1) is 0 Å². The Kier molecular flexibility index (Phi) is 7.96. The van der Waals surface area contributed by atoms with E-state index in [2.05, 4.69) is 21.8 Å². The summed E-state index contributed by atoms with van der Waals surface area (Å²) in [6, 6.07) is 30.4. The van der Waals surface area contributed by atoms with Gasteiger partial charge in [-0.2, -0.15) is 5.01 Å². The van der Waals surface area contributed by atoms with Crippen LogP contribution in [-0.2, 0) is 17.8 Å². The van der Waals surface area contributed by atoms with Gasteiger partial charge >= 0.3 is 6.09 Å². The highest BCUT2D eigenvalue weighted by molar-refractivity contribution is 7.09. The van der Waals surface area contributed by atoms with Gasteiger partial charge in [-0.25, -0.2) is 9.78 Å². The van der Waals surface area contributed by atoms with Crippen LogP contribution in [0.3, 0.4) is 0 Å². The number of fused-ring (bicyclic) bond motifs is 1. The van der Waals surface area contributed by atoms with Gasteiger partial charge in [0, 0.05) is 34.5 Å². The molecular formula is C31H28N4O3S. The van der Waals surface area contributed by atoms with Crippen molar-refractivity contribution in [3.05, 3.63) is 118 Å². The van der Waals surface area contributed by atoms with Crippen LogP contribution >= 0.6 is 11.3 Å². The number of aromatic nitrogens is 1. The van der Waals surface area contributed by atoms with Crippen LogP contribution in [0.15, 0.2) is 102 Å². The molecule has 0 aliphatic rings. The lowest BCUT2D eigenvalue weighted by Crippen LogP contribution is -2.47. The topological polar surface area (TPSA) is 74.8 Å². The molecule has 0 spiro atoms. The van der Waals surface area contributed by atoms with Gasteiger partial charge in [-0.1, -0.05) is 72.8 Å². The van der Waals surface area contributed by atoms with Crippen molar-refractivity contribution in [3.63, 3.8) is 0 Å². The molecule has 2 heterocycles. The number of ether oxygens (including phenoxy) is 1. The molecular weight excluding hydrogens is 508 g/mol. The fourth-order valence-electron chi connectivity index (χ4n) is 4.54. The second kappa shape index (κ2) is 11.9. The normalized spacial score (nSPS) is 10.9. The highest BCUT2D eigenvalue weighted by Crippen LogP contribution is 2.32. The van der Waals surface area contributed by atoms with Crippen LogP contribution < -0.4 is 10.4 Å². The summed E-state index contributed by atoms with van der Waals surface area (Å²) in [6.45, 7) is 1.18. The number of hydrogen-bond acceptors (Lipinski definition) is 6. The molecule has 39 heavy (non-hydrogen) atoms. The first kappa shape index (κ1) is 26.1. The van der Waals surface area contributed by atoms with E-state index in [0.717, 1.165) is 28.4 Å². The molecule has 0 saturated carbocycles.